The van der Waals surface area contributed by atoms with Gasteiger partial charge in [-0.3, -0.25) is 4.79 Å². The maximum absolute atomic E-state index is 11.8. The molecule has 0 spiro atoms. The lowest BCUT2D eigenvalue weighted by Crippen LogP contribution is -2.24. The van der Waals surface area contributed by atoms with E-state index in [1.807, 2.05) is 6.92 Å². The first-order chi connectivity index (χ1) is 9.19. The molecule has 1 aromatic rings. The molecular formula is C12H21N3O2S2. The van der Waals surface area contributed by atoms with E-state index in [9.17, 15) is 9.35 Å². The molecule has 0 aromatic carbocycles. The summed E-state index contributed by atoms with van der Waals surface area (Å²) >= 11 is -0.00134. The number of carbonyl (C=O) groups is 1. The van der Waals surface area contributed by atoms with E-state index in [1.165, 1.54) is 12.8 Å². The van der Waals surface area contributed by atoms with Gasteiger partial charge in [0.1, 0.15) is 5.75 Å². The molecule has 0 bridgehead atoms. The van der Waals surface area contributed by atoms with Crippen LogP contribution in [0.15, 0.2) is 4.34 Å². The minimum absolute atomic E-state index is 0.214. The third-order valence-corrected chi connectivity index (χ3v) is 5.28. The van der Waals surface area contributed by atoms with Crippen molar-refractivity contribution in [1.82, 2.24) is 15.5 Å². The molecule has 19 heavy (non-hydrogen) atoms. The number of rotatable bonds is 9. The summed E-state index contributed by atoms with van der Waals surface area (Å²) in [6.45, 7) is 4.77. The lowest BCUT2D eigenvalue weighted by atomic mass is 10.2. The summed E-state index contributed by atoms with van der Waals surface area (Å²) < 4.78 is 12.1. The van der Waals surface area contributed by atoms with E-state index < -0.39 is 11.2 Å². The Bertz CT molecular complexity index is 385. The Balaban J connectivity index is 2.36. The van der Waals surface area contributed by atoms with Crippen LogP contribution in [0.1, 0.15) is 55.8 Å². The summed E-state index contributed by atoms with van der Waals surface area (Å²) in [4.78, 5) is 11.8. The highest BCUT2D eigenvalue weighted by Gasteiger charge is 2.20. The summed E-state index contributed by atoms with van der Waals surface area (Å²) in [6, 6.07) is 0. The minimum Gasteiger partial charge on any atom is -0.610 e. The second-order valence-electron chi connectivity index (χ2n) is 4.24. The van der Waals surface area contributed by atoms with E-state index in [0.717, 1.165) is 30.6 Å². The van der Waals surface area contributed by atoms with Crippen LogP contribution < -0.4 is 5.32 Å². The normalized spacial score (nSPS) is 12.4. The van der Waals surface area contributed by atoms with Crippen LogP contribution >= 0.6 is 11.3 Å². The fraction of sp³-hybridized carbons (Fsp3) is 0.750. The number of carbonyl (C=O) groups excluding carboxylic acids is 1. The summed E-state index contributed by atoms with van der Waals surface area (Å²) in [5.41, 5.74) is 0. The average molecular weight is 303 g/mol. The van der Waals surface area contributed by atoms with Crippen molar-refractivity contribution < 1.29 is 9.35 Å². The Morgan fingerprint density at radius 1 is 1.26 bits per heavy atom. The zero-order valence-electron chi connectivity index (χ0n) is 11.5. The first-order valence-electron chi connectivity index (χ1n) is 6.69. The van der Waals surface area contributed by atoms with Crippen molar-refractivity contribution in [1.29, 1.82) is 0 Å². The van der Waals surface area contributed by atoms with Gasteiger partial charge in [-0.15, -0.1) is 5.10 Å². The van der Waals surface area contributed by atoms with Gasteiger partial charge in [-0.2, -0.15) is 0 Å². The van der Waals surface area contributed by atoms with Crippen molar-refractivity contribution in [3.63, 3.8) is 0 Å². The molecule has 0 aliphatic carbocycles. The van der Waals surface area contributed by atoms with Crippen molar-refractivity contribution in [3.8, 4) is 0 Å². The van der Waals surface area contributed by atoms with E-state index in [0.29, 0.717) is 21.6 Å². The molecule has 1 N–H and O–H groups in total. The highest BCUT2D eigenvalue weighted by Crippen LogP contribution is 2.17. The van der Waals surface area contributed by atoms with Gasteiger partial charge in [0, 0.05) is 17.7 Å². The Morgan fingerprint density at radius 2 is 2.05 bits per heavy atom. The van der Waals surface area contributed by atoms with Crippen molar-refractivity contribution in [2.75, 3.05) is 12.3 Å². The highest BCUT2D eigenvalue weighted by atomic mass is 32.2. The maximum Gasteiger partial charge on any atom is 0.322 e. The molecule has 1 heterocycles. The molecule has 0 aliphatic heterocycles. The molecule has 1 rings (SSSR count). The predicted octanol–water partition coefficient (Wildman–Crippen LogP) is 2.37. The number of unbranched alkanes of at least 4 members (excludes halogenated alkanes) is 3. The van der Waals surface area contributed by atoms with Crippen LogP contribution in [-0.2, 0) is 11.2 Å². The molecule has 1 aromatic heterocycles. The largest absolute Gasteiger partial charge is 0.610 e. The number of aromatic nitrogens is 2. The minimum atomic E-state index is -1.12. The van der Waals surface area contributed by atoms with E-state index in [1.54, 1.807) is 0 Å². The topological polar surface area (TPSA) is 77.9 Å². The molecule has 1 atom stereocenters. The van der Waals surface area contributed by atoms with Crippen molar-refractivity contribution >= 4 is 28.4 Å². The van der Waals surface area contributed by atoms with Crippen molar-refractivity contribution in [3.05, 3.63) is 5.01 Å². The van der Waals surface area contributed by atoms with Gasteiger partial charge >= 0.3 is 4.34 Å². The highest BCUT2D eigenvalue weighted by molar-refractivity contribution is 7.93. The Labute approximate surface area is 121 Å². The zero-order chi connectivity index (χ0) is 14.1. The van der Waals surface area contributed by atoms with E-state index in [4.69, 9.17) is 0 Å². The lowest BCUT2D eigenvalue weighted by molar-refractivity contribution is 0.0952. The molecule has 0 radical (unpaired) electrons. The first-order valence-corrected chi connectivity index (χ1v) is 8.82. The van der Waals surface area contributed by atoms with Gasteiger partial charge in [0.2, 0.25) is 5.01 Å². The number of nitrogens with zero attached hydrogens (tertiary/aromatic N) is 2. The summed E-state index contributed by atoms with van der Waals surface area (Å²) in [5, 5.41) is 10.7. The van der Waals surface area contributed by atoms with E-state index in [2.05, 4.69) is 22.4 Å². The van der Waals surface area contributed by atoms with Gasteiger partial charge in [-0.25, -0.2) is 0 Å². The van der Waals surface area contributed by atoms with Gasteiger partial charge in [-0.05, 0) is 24.2 Å². The van der Waals surface area contributed by atoms with Crippen LogP contribution in [0, 0.1) is 0 Å². The molecule has 0 saturated heterocycles. The number of nitrogens with one attached hydrogen (secondary N) is 1. The lowest BCUT2D eigenvalue weighted by Gasteiger charge is -2.03. The van der Waals surface area contributed by atoms with Gasteiger partial charge in [0.05, 0.1) is 0 Å². The standard InChI is InChI=1S/C12H21N3O2S2/c1-3-5-6-7-8-13-10(16)11-14-15-12(18-11)19(17)9-4-2/h3-9H2,1-2H3,(H,13,16). The summed E-state index contributed by atoms with van der Waals surface area (Å²) in [7, 11) is 0. The molecule has 1 unspecified atom stereocenters. The van der Waals surface area contributed by atoms with Crippen LogP contribution in [0.3, 0.4) is 0 Å². The van der Waals surface area contributed by atoms with Crippen LogP contribution in [0.25, 0.3) is 0 Å². The predicted molar refractivity (Wildman–Crippen MR) is 78.0 cm³/mol. The number of hydrogen-bond acceptors (Lipinski definition) is 5. The quantitative estimate of drug-likeness (QED) is 0.561. The average Bonchev–Trinajstić information content (AvgIpc) is 2.88. The van der Waals surface area contributed by atoms with Gasteiger partial charge in [-0.1, -0.05) is 38.2 Å². The molecule has 0 saturated carbocycles. The molecule has 0 fully saturated rings. The Kier molecular flexibility index (Phi) is 8.00. The van der Waals surface area contributed by atoms with Crippen LogP contribution in [-0.4, -0.2) is 33.0 Å². The van der Waals surface area contributed by atoms with Crippen LogP contribution in [0.2, 0.25) is 0 Å². The molecule has 5 nitrogen and oxygen atoms in total. The summed E-state index contributed by atoms with van der Waals surface area (Å²) in [6.07, 6.45) is 5.29. The Hall–Kier alpha value is -0.660. The Morgan fingerprint density at radius 3 is 2.74 bits per heavy atom. The van der Waals surface area contributed by atoms with Crippen molar-refractivity contribution in [2.24, 2.45) is 0 Å². The maximum atomic E-state index is 11.8. The SMILES string of the molecule is CCCCCCNC(=O)c1nnc([S+]([O-])CCC)s1. The van der Waals surface area contributed by atoms with Gasteiger partial charge in [0.25, 0.3) is 5.91 Å². The fourth-order valence-corrected chi connectivity index (χ4v) is 3.53. The zero-order valence-corrected chi connectivity index (χ0v) is 13.1. The molecule has 7 heteroatoms. The number of hydrogen-bond donors (Lipinski definition) is 1. The second-order valence-corrected chi connectivity index (χ2v) is 6.96. The third kappa shape index (κ3) is 5.88. The van der Waals surface area contributed by atoms with Crippen LogP contribution in [0.4, 0.5) is 0 Å². The summed E-state index contributed by atoms with van der Waals surface area (Å²) in [5.74, 6) is 0.349. The van der Waals surface area contributed by atoms with E-state index in [-0.39, 0.29) is 5.91 Å². The molecule has 1 amide bonds. The fourth-order valence-electron chi connectivity index (χ4n) is 1.50. The van der Waals surface area contributed by atoms with Crippen molar-refractivity contribution in [2.45, 2.75) is 50.3 Å². The van der Waals surface area contributed by atoms with Gasteiger partial charge in [0.15, 0.2) is 0 Å². The van der Waals surface area contributed by atoms with E-state index >= 15 is 0 Å². The molecular weight excluding hydrogens is 282 g/mol. The monoisotopic (exact) mass is 303 g/mol. The molecule has 0 aliphatic rings. The number of amides is 1. The second kappa shape index (κ2) is 9.28. The molecule has 108 valence electrons. The first kappa shape index (κ1) is 16.4. The van der Waals surface area contributed by atoms with Crippen LogP contribution in [0.5, 0.6) is 0 Å². The third-order valence-electron chi connectivity index (χ3n) is 2.50. The van der Waals surface area contributed by atoms with Gasteiger partial charge < -0.3 is 9.87 Å². The smallest absolute Gasteiger partial charge is 0.322 e.